The van der Waals surface area contributed by atoms with E-state index in [1.165, 1.54) is 25.7 Å². The van der Waals surface area contributed by atoms with Crippen LogP contribution in [0, 0.1) is 10.8 Å². The first-order valence-electron chi connectivity index (χ1n) is 7.31. The van der Waals surface area contributed by atoms with E-state index in [4.69, 9.17) is 15.3 Å². The minimum absolute atomic E-state index is 0.156. The summed E-state index contributed by atoms with van der Waals surface area (Å²) in [5.74, 6) is 0. The van der Waals surface area contributed by atoms with Crippen LogP contribution in [0.15, 0.2) is 0 Å². The zero-order chi connectivity index (χ0) is 14.7. The minimum atomic E-state index is -0.667. The third kappa shape index (κ3) is 6.17. The molecular weight excluding hydrogens is 228 g/mol. The molecule has 0 aromatic carbocycles. The van der Waals surface area contributed by atoms with Gasteiger partial charge in [0.15, 0.2) is 0 Å². The molecule has 3 nitrogen and oxygen atoms in total. The Morgan fingerprint density at radius 2 is 0.722 bits per heavy atom. The van der Waals surface area contributed by atoms with Crippen molar-refractivity contribution in [3.05, 3.63) is 0 Å². The van der Waals surface area contributed by atoms with E-state index in [0.29, 0.717) is 11.8 Å². The molecule has 0 bridgehead atoms. The zero-order valence-corrected chi connectivity index (χ0v) is 13.0. The molecule has 0 saturated carbocycles. The van der Waals surface area contributed by atoms with Gasteiger partial charge >= 0.3 is 0 Å². The molecule has 0 aliphatic carbocycles. The zero-order valence-electron chi connectivity index (χ0n) is 13.0. The Morgan fingerprint density at radius 3 is 0.722 bits per heavy atom. The Labute approximate surface area is 113 Å². The van der Waals surface area contributed by atoms with Gasteiger partial charge in [-0.15, -0.1) is 0 Å². The van der Waals surface area contributed by atoms with Gasteiger partial charge in [-0.2, -0.15) is 0 Å². The molecule has 0 fully saturated rings. The van der Waals surface area contributed by atoms with Gasteiger partial charge in [0.2, 0.25) is 0 Å². The Kier molecular flexibility index (Phi) is 12.1. The monoisotopic (exact) mass is 262 g/mol. The van der Waals surface area contributed by atoms with Crippen LogP contribution < -0.4 is 0 Å². The van der Waals surface area contributed by atoms with Crippen molar-refractivity contribution >= 4 is 0 Å². The number of rotatable bonds is 8. The second-order valence-corrected chi connectivity index (χ2v) is 5.24. The van der Waals surface area contributed by atoms with Gasteiger partial charge in [-0.1, -0.05) is 60.3 Å². The van der Waals surface area contributed by atoms with Crippen molar-refractivity contribution in [3.63, 3.8) is 0 Å². The number of aliphatic hydroxyl groups is 3. The van der Waals surface area contributed by atoms with Crippen LogP contribution in [0.2, 0.25) is 0 Å². The maximum atomic E-state index is 8.66. The summed E-state index contributed by atoms with van der Waals surface area (Å²) in [6, 6.07) is 0. The summed E-state index contributed by atoms with van der Waals surface area (Å²) in [4.78, 5) is 0. The fourth-order valence-electron chi connectivity index (χ4n) is 1.99. The van der Waals surface area contributed by atoms with Gasteiger partial charge in [0.25, 0.3) is 0 Å². The predicted octanol–water partition coefficient (Wildman–Crippen LogP) is 2.97. The standard InChI is InChI=1S/C9H20.C6H14O3/c1-5-9(6-2,7-3)8-4;1-2-6(3-7,4-8)5-9/h5-8H2,1-4H3;7-9H,2-5H2,1H3. The predicted molar refractivity (Wildman–Crippen MR) is 77.6 cm³/mol. The number of hydrogen-bond acceptors (Lipinski definition) is 3. The van der Waals surface area contributed by atoms with Crippen LogP contribution in [0.3, 0.4) is 0 Å². The summed E-state index contributed by atoms with van der Waals surface area (Å²) < 4.78 is 0. The quantitative estimate of drug-likeness (QED) is 0.630. The summed E-state index contributed by atoms with van der Waals surface area (Å²) >= 11 is 0. The Balaban J connectivity index is 0. The molecule has 0 heterocycles. The molecular formula is C15H34O3. The van der Waals surface area contributed by atoms with Gasteiger partial charge in [0.1, 0.15) is 0 Å². The van der Waals surface area contributed by atoms with Crippen LogP contribution in [0.25, 0.3) is 0 Å². The molecule has 0 rings (SSSR count). The molecule has 0 aliphatic heterocycles. The van der Waals surface area contributed by atoms with Crippen molar-refractivity contribution in [1.29, 1.82) is 0 Å². The fourth-order valence-corrected chi connectivity index (χ4v) is 1.99. The summed E-state index contributed by atoms with van der Waals surface area (Å²) in [5, 5.41) is 26.0. The third-order valence-corrected chi connectivity index (χ3v) is 4.76. The van der Waals surface area contributed by atoms with Crippen LogP contribution in [0.1, 0.15) is 66.7 Å². The average Bonchev–Trinajstić information content (AvgIpc) is 2.46. The number of aliphatic hydroxyl groups excluding tert-OH is 3. The van der Waals surface area contributed by atoms with E-state index in [2.05, 4.69) is 27.7 Å². The molecule has 0 unspecified atom stereocenters. The molecule has 0 spiro atoms. The lowest BCUT2D eigenvalue weighted by Crippen LogP contribution is -2.32. The number of hydrogen-bond donors (Lipinski definition) is 3. The Bertz CT molecular complexity index is 118. The van der Waals surface area contributed by atoms with Gasteiger partial charge < -0.3 is 15.3 Å². The highest BCUT2D eigenvalue weighted by atomic mass is 16.3. The maximum Gasteiger partial charge on any atom is 0.0531 e. The first-order chi connectivity index (χ1) is 8.49. The van der Waals surface area contributed by atoms with Crippen molar-refractivity contribution < 1.29 is 15.3 Å². The normalized spacial score (nSPS) is 12.0. The van der Waals surface area contributed by atoms with Gasteiger partial charge in [-0.25, -0.2) is 0 Å². The summed E-state index contributed by atoms with van der Waals surface area (Å²) in [7, 11) is 0. The van der Waals surface area contributed by atoms with E-state index in [0.717, 1.165) is 0 Å². The first kappa shape index (κ1) is 20.2. The summed E-state index contributed by atoms with van der Waals surface area (Å²) in [6.07, 6.45) is 5.97. The molecule has 0 amide bonds. The molecule has 0 saturated heterocycles. The van der Waals surface area contributed by atoms with Crippen LogP contribution in [0.5, 0.6) is 0 Å². The third-order valence-electron chi connectivity index (χ3n) is 4.76. The van der Waals surface area contributed by atoms with E-state index < -0.39 is 5.41 Å². The molecule has 112 valence electrons. The average molecular weight is 262 g/mol. The van der Waals surface area contributed by atoms with Crippen LogP contribution in [-0.2, 0) is 0 Å². The van der Waals surface area contributed by atoms with E-state index >= 15 is 0 Å². The minimum Gasteiger partial charge on any atom is -0.396 e. The lowest BCUT2D eigenvalue weighted by Gasteiger charge is -2.28. The van der Waals surface area contributed by atoms with Crippen molar-refractivity contribution in [2.45, 2.75) is 66.7 Å². The van der Waals surface area contributed by atoms with E-state index in [-0.39, 0.29) is 19.8 Å². The van der Waals surface area contributed by atoms with Gasteiger partial charge in [0, 0.05) is 5.41 Å². The van der Waals surface area contributed by atoms with E-state index in [1.54, 1.807) is 0 Å². The lowest BCUT2D eigenvalue weighted by molar-refractivity contribution is 0.00304. The highest BCUT2D eigenvalue weighted by Crippen LogP contribution is 2.33. The first-order valence-corrected chi connectivity index (χ1v) is 7.31. The van der Waals surface area contributed by atoms with Crippen LogP contribution in [0.4, 0.5) is 0 Å². The van der Waals surface area contributed by atoms with Crippen molar-refractivity contribution in [3.8, 4) is 0 Å². The smallest absolute Gasteiger partial charge is 0.0531 e. The van der Waals surface area contributed by atoms with Crippen molar-refractivity contribution in [1.82, 2.24) is 0 Å². The maximum absolute atomic E-state index is 8.66. The van der Waals surface area contributed by atoms with E-state index in [9.17, 15) is 0 Å². The molecule has 0 aromatic rings. The van der Waals surface area contributed by atoms with Crippen molar-refractivity contribution in [2.24, 2.45) is 10.8 Å². The fraction of sp³-hybridized carbons (Fsp3) is 1.00. The summed E-state index contributed by atoms with van der Waals surface area (Å²) in [6.45, 7) is 10.6. The molecule has 0 atom stereocenters. The Hall–Kier alpha value is -0.120. The largest absolute Gasteiger partial charge is 0.396 e. The van der Waals surface area contributed by atoms with Gasteiger partial charge in [-0.3, -0.25) is 0 Å². The molecule has 0 aliphatic rings. The van der Waals surface area contributed by atoms with Crippen molar-refractivity contribution in [2.75, 3.05) is 19.8 Å². The molecule has 3 N–H and O–H groups in total. The molecule has 0 radical (unpaired) electrons. The molecule has 18 heavy (non-hydrogen) atoms. The highest BCUT2D eigenvalue weighted by Gasteiger charge is 2.24. The van der Waals surface area contributed by atoms with Gasteiger partial charge in [-0.05, 0) is 11.8 Å². The molecule has 0 aromatic heterocycles. The van der Waals surface area contributed by atoms with Crippen LogP contribution >= 0.6 is 0 Å². The van der Waals surface area contributed by atoms with E-state index in [1.807, 2.05) is 6.92 Å². The second-order valence-electron chi connectivity index (χ2n) is 5.24. The van der Waals surface area contributed by atoms with Crippen LogP contribution in [-0.4, -0.2) is 35.1 Å². The Morgan fingerprint density at radius 1 is 0.500 bits per heavy atom. The summed E-state index contributed by atoms with van der Waals surface area (Å²) in [5.41, 5.74) is 0.000000000000000222. The lowest BCUT2D eigenvalue weighted by atomic mass is 9.78. The highest BCUT2D eigenvalue weighted by molar-refractivity contribution is 4.74. The molecule has 3 heteroatoms. The SMILES string of the molecule is CCC(CC)(CC)CC.CCC(CO)(CO)CO. The second kappa shape index (κ2) is 10.8. The topological polar surface area (TPSA) is 60.7 Å². The van der Waals surface area contributed by atoms with Gasteiger partial charge in [0.05, 0.1) is 19.8 Å².